The van der Waals surface area contributed by atoms with E-state index in [1.54, 1.807) is 0 Å². The number of aromatic nitrogens is 3. The molecule has 0 unspecified atom stereocenters. The van der Waals surface area contributed by atoms with Crippen molar-refractivity contribution in [2.75, 3.05) is 11.4 Å². The number of carbonyl (C=O) groups excluding carboxylic acids is 2. The Balaban J connectivity index is 1.36. The maximum atomic E-state index is 12.5. The minimum absolute atomic E-state index is 0.0669. The third kappa shape index (κ3) is 5.13. The standard InChI is InChI=1S/C24H27N5O2S/c1-17-6-4-8-19(14-17)23-26-27-24(32)29(23)13-11-21(30)25-16-18-7-5-9-20(15-18)28-12-3-2-10-22(28)31/h4-9,14-15H,2-3,10-13,16H2,1H3,(H,25,30)(H,27,32). The number of anilines is 1. The summed E-state index contributed by atoms with van der Waals surface area (Å²) in [7, 11) is 0. The Hall–Kier alpha value is -3.26. The highest BCUT2D eigenvalue weighted by atomic mass is 32.1. The molecule has 2 N–H and O–H groups in total. The quantitative estimate of drug-likeness (QED) is 0.531. The van der Waals surface area contributed by atoms with Crippen LogP contribution in [0.1, 0.15) is 36.8 Å². The molecule has 4 rings (SSSR count). The number of benzene rings is 2. The molecule has 1 aliphatic rings. The minimum Gasteiger partial charge on any atom is -0.352 e. The van der Waals surface area contributed by atoms with Crippen LogP contribution in [0.2, 0.25) is 0 Å². The molecule has 0 atom stereocenters. The average molecular weight is 450 g/mol. The third-order valence-electron chi connectivity index (χ3n) is 5.63. The fourth-order valence-electron chi connectivity index (χ4n) is 3.95. The molecular weight excluding hydrogens is 422 g/mol. The molecule has 0 saturated carbocycles. The molecule has 0 aliphatic carbocycles. The van der Waals surface area contributed by atoms with Crippen molar-refractivity contribution in [3.05, 3.63) is 64.4 Å². The van der Waals surface area contributed by atoms with Crippen molar-refractivity contribution in [1.82, 2.24) is 20.1 Å². The van der Waals surface area contributed by atoms with Gasteiger partial charge in [0.2, 0.25) is 11.8 Å². The van der Waals surface area contributed by atoms with Gasteiger partial charge in [0.25, 0.3) is 0 Å². The molecule has 32 heavy (non-hydrogen) atoms. The van der Waals surface area contributed by atoms with Crippen LogP contribution < -0.4 is 10.2 Å². The Morgan fingerprint density at radius 2 is 2.03 bits per heavy atom. The van der Waals surface area contributed by atoms with Gasteiger partial charge in [0.05, 0.1) is 0 Å². The van der Waals surface area contributed by atoms with E-state index in [1.807, 2.05) is 64.9 Å². The third-order valence-corrected chi connectivity index (χ3v) is 5.94. The summed E-state index contributed by atoms with van der Waals surface area (Å²) >= 11 is 5.37. The molecular formula is C24H27N5O2S. The van der Waals surface area contributed by atoms with E-state index in [9.17, 15) is 9.59 Å². The van der Waals surface area contributed by atoms with Gasteiger partial charge in [-0.25, -0.2) is 0 Å². The number of carbonyl (C=O) groups is 2. The normalized spacial score (nSPS) is 13.9. The van der Waals surface area contributed by atoms with Crippen LogP contribution in [0.3, 0.4) is 0 Å². The van der Waals surface area contributed by atoms with Crippen LogP contribution >= 0.6 is 12.2 Å². The molecule has 2 amide bonds. The number of nitrogens with one attached hydrogen (secondary N) is 2. The minimum atomic E-state index is -0.0669. The highest BCUT2D eigenvalue weighted by Gasteiger charge is 2.19. The number of aryl methyl sites for hydroxylation is 1. The summed E-state index contributed by atoms with van der Waals surface area (Å²) in [6.07, 6.45) is 2.87. The molecule has 1 saturated heterocycles. The van der Waals surface area contributed by atoms with Gasteiger partial charge in [-0.15, -0.1) is 0 Å². The van der Waals surface area contributed by atoms with Crippen LogP contribution in [0.4, 0.5) is 5.69 Å². The number of rotatable bonds is 7. The van der Waals surface area contributed by atoms with E-state index < -0.39 is 0 Å². The van der Waals surface area contributed by atoms with Crippen molar-refractivity contribution in [2.24, 2.45) is 0 Å². The first-order valence-electron chi connectivity index (χ1n) is 10.9. The van der Waals surface area contributed by atoms with E-state index in [2.05, 4.69) is 15.5 Å². The topological polar surface area (TPSA) is 83.0 Å². The maximum Gasteiger partial charge on any atom is 0.226 e. The second-order valence-corrected chi connectivity index (χ2v) is 8.46. The summed E-state index contributed by atoms with van der Waals surface area (Å²) in [6.45, 7) is 3.63. The Kier molecular flexibility index (Phi) is 6.80. The molecule has 0 spiro atoms. The number of H-pyrrole nitrogens is 1. The molecule has 3 aromatic rings. The number of hydrogen-bond acceptors (Lipinski definition) is 4. The van der Waals surface area contributed by atoms with E-state index in [0.29, 0.717) is 24.3 Å². The van der Waals surface area contributed by atoms with Crippen molar-refractivity contribution in [1.29, 1.82) is 0 Å². The molecule has 1 aromatic heterocycles. The van der Waals surface area contributed by atoms with Gasteiger partial charge in [0.1, 0.15) is 0 Å². The molecule has 166 valence electrons. The molecule has 2 heterocycles. The highest BCUT2D eigenvalue weighted by molar-refractivity contribution is 7.71. The fraction of sp³-hybridized carbons (Fsp3) is 0.333. The Morgan fingerprint density at radius 1 is 1.19 bits per heavy atom. The average Bonchev–Trinajstić information content (AvgIpc) is 3.17. The van der Waals surface area contributed by atoms with Crippen LogP contribution in [0.25, 0.3) is 11.4 Å². The lowest BCUT2D eigenvalue weighted by Gasteiger charge is -2.27. The summed E-state index contributed by atoms with van der Waals surface area (Å²) in [5, 5.41) is 10.1. The van der Waals surface area contributed by atoms with Gasteiger partial charge in [0, 0.05) is 43.7 Å². The second kappa shape index (κ2) is 9.91. The predicted molar refractivity (Wildman–Crippen MR) is 127 cm³/mol. The lowest BCUT2D eigenvalue weighted by Crippen LogP contribution is -2.35. The van der Waals surface area contributed by atoms with E-state index in [-0.39, 0.29) is 18.2 Å². The van der Waals surface area contributed by atoms with Crippen LogP contribution in [0.15, 0.2) is 48.5 Å². The predicted octanol–water partition coefficient (Wildman–Crippen LogP) is 4.14. The van der Waals surface area contributed by atoms with Gasteiger partial charge >= 0.3 is 0 Å². The van der Waals surface area contributed by atoms with E-state index in [1.165, 1.54) is 0 Å². The number of nitrogens with zero attached hydrogens (tertiary/aromatic N) is 3. The molecule has 2 aromatic carbocycles. The Labute approximate surface area is 192 Å². The van der Waals surface area contributed by atoms with E-state index >= 15 is 0 Å². The molecule has 7 nitrogen and oxygen atoms in total. The molecule has 8 heteroatoms. The van der Waals surface area contributed by atoms with Crippen molar-refractivity contribution in [3.8, 4) is 11.4 Å². The Bertz CT molecular complexity index is 1180. The van der Waals surface area contributed by atoms with Gasteiger partial charge in [-0.1, -0.05) is 35.9 Å². The van der Waals surface area contributed by atoms with Crippen molar-refractivity contribution >= 4 is 29.7 Å². The maximum absolute atomic E-state index is 12.5. The second-order valence-electron chi connectivity index (χ2n) is 8.07. The molecule has 0 bridgehead atoms. The van der Waals surface area contributed by atoms with Crippen LogP contribution in [-0.4, -0.2) is 33.1 Å². The van der Waals surface area contributed by atoms with E-state index in [0.717, 1.165) is 47.6 Å². The van der Waals surface area contributed by atoms with Crippen molar-refractivity contribution in [3.63, 3.8) is 0 Å². The summed E-state index contributed by atoms with van der Waals surface area (Å²) in [6, 6.07) is 15.8. The molecule has 1 aliphatic heterocycles. The summed E-state index contributed by atoms with van der Waals surface area (Å²) in [5.74, 6) is 0.826. The molecule has 0 radical (unpaired) electrons. The lowest BCUT2D eigenvalue weighted by atomic mass is 10.1. The van der Waals surface area contributed by atoms with E-state index in [4.69, 9.17) is 12.2 Å². The number of hydrogen-bond donors (Lipinski definition) is 2. The first kappa shape index (κ1) is 22.0. The largest absolute Gasteiger partial charge is 0.352 e. The SMILES string of the molecule is Cc1cccc(-c2n[nH]c(=S)n2CCC(=O)NCc2cccc(N3CCCCC3=O)c2)c1. The van der Waals surface area contributed by atoms with Crippen LogP contribution in [0, 0.1) is 11.7 Å². The number of piperidine rings is 1. The van der Waals surface area contributed by atoms with Crippen molar-refractivity contribution in [2.45, 2.75) is 45.7 Å². The summed E-state index contributed by atoms with van der Waals surface area (Å²) in [5.41, 5.74) is 3.96. The van der Waals surface area contributed by atoms with Gasteiger partial charge in [-0.3, -0.25) is 19.3 Å². The highest BCUT2D eigenvalue weighted by Crippen LogP contribution is 2.22. The zero-order valence-electron chi connectivity index (χ0n) is 18.1. The fourth-order valence-corrected chi connectivity index (χ4v) is 4.17. The Morgan fingerprint density at radius 3 is 2.84 bits per heavy atom. The number of amides is 2. The monoisotopic (exact) mass is 449 g/mol. The lowest BCUT2D eigenvalue weighted by molar-refractivity contribution is -0.121. The van der Waals surface area contributed by atoms with Gasteiger partial charge < -0.3 is 10.2 Å². The molecule has 1 fully saturated rings. The zero-order valence-corrected chi connectivity index (χ0v) is 19.0. The summed E-state index contributed by atoms with van der Waals surface area (Å²) in [4.78, 5) is 26.5. The zero-order chi connectivity index (χ0) is 22.5. The first-order chi connectivity index (χ1) is 15.5. The van der Waals surface area contributed by atoms with Crippen LogP contribution in [-0.2, 0) is 22.7 Å². The van der Waals surface area contributed by atoms with Gasteiger partial charge in [-0.2, -0.15) is 5.10 Å². The van der Waals surface area contributed by atoms with Crippen LogP contribution in [0.5, 0.6) is 0 Å². The van der Waals surface area contributed by atoms with Gasteiger partial charge in [-0.05, 0) is 55.7 Å². The van der Waals surface area contributed by atoms with Gasteiger partial charge in [0.15, 0.2) is 10.6 Å². The summed E-state index contributed by atoms with van der Waals surface area (Å²) < 4.78 is 2.35. The number of aromatic amines is 1. The van der Waals surface area contributed by atoms with Crippen molar-refractivity contribution < 1.29 is 9.59 Å². The smallest absolute Gasteiger partial charge is 0.226 e. The first-order valence-corrected chi connectivity index (χ1v) is 11.3.